The second kappa shape index (κ2) is 8.70. The van der Waals surface area contributed by atoms with E-state index >= 15 is 0 Å². The number of carbonyl (C=O) groups excluding carboxylic acids is 1. The van der Waals surface area contributed by atoms with Crippen molar-refractivity contribution in [2.45, 2.75) is 12.6 Å². The molecule has 0 aromatic heterocycles. The molecule has 0 radical (unpaired) electrons. The van der Waals surface area contributed by atoms with Crippen LogP contribution in [0.4, 0.5) is 0 Å². The smallest absolute Gasteiger partial charge is 0.336 e. The van der Waals surface area contributed by atoms with E-state index in [-0.39, 0.29) is 17.7 Å². The zero-order chi connectivity index (χ0) is 22.9. The highest BCUT2D eigenvalue weighted by Crippen LogP contribution is 2.59. The maximum absolute atomic E-state index is 14.0. The summed E-state index contributed by atoms with van der Waals surface area (Å²) in [5.41, 5.74) is -0.656. The van der Waals surface area contributed by atoms with Gasteiger partial charge in [-0.1, -0.05) is 66.7 Å². The third kappa shape index (κ3) is 3.97. The van der Waals surface area contributed by atoms with Crippen LogP contribution >= 0.6 is 7.37 Å². The molecule has 1 N–H and O–H groups in total. The number of hydrogen-bond acceptors (Lipinski definition) is 4. The normalized spacial score (nSPS) is 14.2. The highest BCUT2D eigenvalue weighted by molar-refractivity contribution is 7.59. The van der Waals surface area contributed by atoms with Crippen LogP contribution in [0.1, 0.15) is 38.9 Å². The van der Waals surface area contributed by atoms with Crippen molar-refractivity contribution in [2.75, 3.05) is 13.3 Å². The zero-order valence-electron chi connectivity index (χ0n) is 17.8. The van der Waals surface area contributed by atoms with Crippen LogP contribution in [0.15, 0.2) is 78.9 Å². The molecule has 6 heteroatoms. The molecule has 0 bridgehead atoms. The van der Waals surface area contributed by atoms with Crippen LogP contribution in [0.25, 0.3) is 21.5 Å². The topological polar surface area (TPSA) is 80.7 Å². The van der Waals surface area contributed by atoms with Crippen LogP contribution in [0.2, 0.25) is 0 Å². The first-order chi connectivity index (χ1) is 15.3. The van der Waals surface area contributed by atoms with Crippen molar-refractivity contribution in [1.82, 2.24) is 0 Å². The van der Waals surface area contributed by atoms with E-state index in [4.69, 9.17) is 4.52 Å². The lowest BCUT2D eigenvalue weighted by atomic mass is 9.93. The molecule has 0 saturated carbocycles. The molecule has 0 fully saturated rings. The Morgan fingerprint density at radius 3 is 2.06 bits per heavy atom. The fraction of sp³-hybridized carbons (Fsp3) is 0.154. The minimum Gasteiger partial charge on any atom is -0.478 e. The Balaban J connectivity index is 1.99. The third-order valence-electron chi connectivity index (χ3n) is 5.60. The maximum atomic E-state index is 14.0. The lowest BCUT2D eigenvalue weighted by Crippen LogP contribution is -2.18. The van der Waals surface area contributed by atoms with E-state index in [0.717, 1.165) is 16.2 Å². The van der Waals surface area contributed by atoms with E-state index in [1.165, 1.54) is 12.7 Å². The number of fused-ring (bicyclic) bond motifs is 2. The van der Waals surface area contributed by atoms with Gasteiger partial charge in [-0.2, -0.15) is 0 Å². The molecule has 0 amide bonds. The van der Waals surface area contributed by atoms with Gasteiger partial charge in [0.25, 0.3) is 0 Å². The van der Waals surface area contributed by atoms with E-state index in [9.17, 15) is 19.3 Å². The summed E-state index contributed by atoms with van der Waals surface area (Å²) in [6.07, 6.45) is 0. The minimum absolute atomic E-state index is 0.0240. The summed E-state index contributed by atoms with van der Waals surface area (Å²) in [7, 11) is -3.50. The number of benzene rings is 4. The predicted octanol–water partition coefficient (Wildman–Crippen LogP) is 6.56. The lowest BCUT2D eigenvalue weighted by molar-refractivity contribution is 0.0691. The molecule has 5 nitrogen and oxygen atoms in total. The number of carbonyl (C=O) groups is 2. The lowest BCUT2D eigenvalue weighted by Gasteiger charge is -2.25. The Hall–Kier alpha value is -3.27. The van der Waals surface area contributed by atoms with Gasteiger partial charge in [0, 0.05) is 12.2 Å². The molecular weight excluding hydrogens is 423 g/mol. The van der Waals surface area contributed by atoms with Crippen LogP contribution in [0, 0.1) is 0 Å². The van der Waals surface area contributed by atoms with Gasteiger partial charge in [-0.25, -0.2) is 4.79 Å². The average molecular weight is 446 g/mol. The second-order valence-corrected chi connectivity index (χ2v) is 10.3. The van der Waals surface area contributed by atoms with Crippen molar-refractivity contribution in [3.8, 4) is 0 Å². The fourth-order valence-electron chi connectivity index (χ4n) is 4.20. The van der Waals surface area contributed by atoms with Crippen LogP contribution in [-0.4, -0.2) is 30.1 Å². The van der Waals surface area contributed by atoms with Gasteiger partial charge in [-0.15, -0.1) is 0 Å². The molecule has 4 aromatic rings. The number of ketones is 1. The van der Waals surface area contributed by atoms with Crippen molar-refractivity contribution in [2.24, 2.45) is 0 Å². The van der Waals surface area contributed by atoms with Gasteiger partial charge in [0.2, 0.25) is 7.37 Å². The van der Waals surface area contributed by atoms with Crippen LogP contribution in [0.3, 0.4) is 0 Å². The van der Waals surface area contributed by atoms with Crippen LogP contribution < -0.4 is 0 Å². The molecule has 2 unspecified atom stereocenters. The fourth-order valence-corrected chi connectivity index (χ4v) is 6.15. The first-order valence-electron chi connectivity index (χ1n) is 10.3. The number of rotatable bonds is 7. The SMILES string of the molecule is CCOP(C)(=O)C(C(=O)c1cc2ccccc2cc1C(=O)O)c1cccc2ccccc12. The predicted molar refractivity (Wildman–Crippen MR) is 127 cm³/mol. The second-order valence-electron chi connectivity index (χ2n) is 7.71. The van der Waals surface area contributed by atoms with Crippen molar-refractivity contribution in [3.05, 3.63) is 95.6 Å². The summed E-state index contributed by atoms with van der Waals surface area (Å²) in [5, 5.41) is 13.0. The molecule has 0 aliphatic heterocycles. The van der Waals surface area contributed by atoms with Crippen LogP contribution in [0.5, 0.6) is 0 Å². The standard InChI is InChI=1S/C26H23O5P/c1-3-31-32(2,30)25(21-14-8-12-17-9-6-7-13-20(17)21)24(27)22-15-18-10-4-5-11-19(18)16-23(22)26(28)29/h4-16,25H,3H2,1-2H3,(H,28,29). The molecule has 0 spiro atoms. The Bertz CT molecular complexity index is 1390. The quantitative estimate of drug-likeness (QED) is 0.257. The number of carboxylic acid groups (broad SMARTS) is 1. The summed E-state index contributed by atoms with van der Waals surface area (Å²) in [6, 6.07) is 23.3. The van der Waals surface area contributed by atoms with Crippen LogP contribution in [-0.2, 0) is 9.09 Å². The Kier molecular flexibility index (Phi) is 5.96. The Morgan fingerprint density at radius 2 is 1.44 bits per heavy atom. The van der Waals surface area contributed by atoms with Gasteiger partial charge in [0.1, 0.15) is 5.66 Å². The van der Waals surface area contributed by atoms with Crippen molar-refractivity contribution >= 4 is 40.7 Å². The summed E-state index contributed by atoms with van der Waals surface area (Å²) >= 11 is 0. The van der Waals surface area contributed by atoms with E-state index < -0.39 is 24.8 Å². The number of aromatic carboxylic acids is 1. The molecule has 0 saturated heterocycles. The molecule has 32 heavy (non-hydrogen) atoms. The third-order valence-corrected chi connectivity index (χ3v) is 7.82. The number of hydrogen-bond donors (Lipinski definition) is 1. The van der Waals surface area contributed by atoms with Gasteiger partial charge in [-0.3, -0.25) is 9.36 Å². The maximum Gasteiger partial charge on any atom is 0.336 e. The highest BCUT2D eigenvalue weighted by Gasteiger charge is 2.39. The van der Waals surface area contributed by atoms with E-state index in [1.54, 1.807) is 25.1 Å². The molecule has 4 aromatic carbocycles. The van der Waals surface area contributed by atoms with Gasteiger partial charge in [0.15, 0.2) is 5.78 Å². The average Bonchev–Trinajstić information content (AvgIpc) is 2.78. The molecule has 0 aliphatic carbocycles. The zero-order valence-corrected chi connectivity index (χ0v) is 18.7. The number of carboxylic acids is 1. The highest BCUT2D eigenvalue weighted by atomic mass is 31.2. The van der Waals surface area contributed by atoms with E-state index in [1.807, 2.05) is 54.6 Å². The molecule has 2 atom stereocenters. The monoisotopic (exact) mass is 446 g/mol. The number of Topliss-reactive ketones (excluding diaryl/α,β-unsaturated/α-hetero) is 1. The van der Waals surface area contributed by atoms with Crippen molar-refractivity contribution in [1.29, 1.82) is 0 Å². The molecule has 4 rings (SSSR count). The van der Waals surface area contributed by atoms with Gasteiger partial charge in [0.05, 0.1) is 12.2 Å². The summed E-state index contributed by atoms with van der Waals surface area (Å²) < 4.78 is 19.3. The first kappa shape index (κ1) is 21.9. The van der Waals surface area contributed by atoms with Crippen molar-refractivity contribution < 1.29 is 23.8 Å². The summed E-state index contributed by atoms with van der Waals surface area (Å²) in [5.74, 6) is -1.73. The van der Waals surface area contributed by atoms with Gasteiger partial charge < -0.3 is 9.63 Å². The van der Waals surface area contributed by atoms with E-state index in [2.05, 4.69) is 0 Å². The molecule has 0 aliphatic rings. The van der Waals surface area contributed by atoms with Gasteiger partial charge >= 0.3 is 5.97 Å². The Labute approximate surface area is 186 Å². The minimum atomic E-state index is -3.50. The summed E-state index contributed by atoms with van der Waals surface area (Å²) in [4.78, 5) is 26.0. The largest absolute Gasteiger partial charge is 0.478 e. The Morgan fingerprint density at radius 1 is 0.875 bits per heavy atom. The molecule has 0 heterocycles. The molecular formula is C26H23O5P. The first-order valence-corrected chi connectivity index (χ1v) is 12.5. The summed E-state index contributed by atoms with van der Waals surface area (Å²) in [6.45, 7) is 3.34. The van der Waals surface area contributed by atoms with Gasteiger partial charge in [-0.05, 0) is 46.2 Å². The van der Waals surface area contributed by atoms with E-state index in [0.29, 0.717) is 10.9 Å². The molecule has 162 valence electrons. The van der Waals surface area contributed by atoms with Crippen molar-refractivity contribution in [3.63, 3.8) is 0 Å².